The van der Waals surface area contributed by atoms with Crippen molar-refractivity contribution in [2.24, 2.45) is 5.92 Å². The molecular formula is C18H25NO5S. The Hall–Kier alpha value is -1.89. The van der Waals surface area contributed by atoms with E-state index in [-0.39, 0.29) is 31.8 Å². The van der Waals surface area contributed by atoms with Gasteiger partial charge in [-0.15, -0.1) is 11.3 Å². The van der Waals surface area contributed by atoms with Crippen LogP contribution in [-0.2, 0) is 27.2 Å². The van der Waals surface area contributed by atoms with Crippen LogP contribution in [0.25, 0.3) is 0 Å². The summed E-state index contributed by atoms with van der Waals surface area (Å²) in [5, 5.41) is 12.0. The average molecular weight is 367 g/mol. The molecule has 0 bridgehead atoms. The minimum atomic E-state index is -0.919. The predicted molar refractivity (Wildman–Crippen MR) is 96.2 cm³/mol. The fourth-order valence-corrected chi connectivity index (χ4v) is 4.47. The van der Waals surface area contributed by atoms with E-state index in [9.17, 15) is 14.4 Å². The minimum Gasteiger partial charge on any atom is -0.481 e. The van der Waals surface area contributed by atoms with E-state index < -0.39 is 11.9 Å². The monoisotopic (exact) mass is 367 g/mol. The first-order valence-electron chi connectivity index (χ1n) is 8.79. The number of nitrogens with one attached hydrogen (secondary N) is 1. The average Bonchev–Trinajstić information content (AvgIpc) is 2.91. The van der Waals surface area contributed by atoms with E-state index in [1.165, 1.54) is 11.3 Å². The normalized spacial score (nSPS) is 16.2. The summed E-state index contributed by atoms with van der Waals surface area (Å²) in [4.78, 5) is 36.2. The molecular weight excluding hydrogens is 342 g/mol. The van der Waals surface area contributed by atoms with Crippen LogP contribution in [0, 0.1) is 5.92 Å². The number of esters is 1. The van der Waals surface area contributed by atoms with Gasteiger partial charge in [0.1, 0.15) is 5.00 Å². The van der Waals surface area contributed by atoms with Crippen LogP contribution in [0.4, 0.5) is 5.00 Å². The summed E-state index contributed by atoms with van der Waals surface area (Å²) >= 11 is 1.45. The Balaban J connectivity index is 2.18. The molecule has 0 aromatic carbocycles. The van der Waals surface area contributed by atoms with Gasteiger partial charge in [0.05, 0.1) is 12.2 Å². The zero-order chi connectivity index (χ0) is 18.4. The molecule has 138 valence electrons. The Bertz CT molecular complexity index is 652. The summed E-state index contributed by atoms with van der Waals surface area (Å²) in [5.74, 6) is -0.967. The summed E-state index contributed by atoms with van der Waals surface area (Å²) in [6.07, 6.45) is 4.25. The lowest BCUT2D eigenvalue weighted by Crippen LogP contribution is -2.17. The SMILES string of the molecule is CCOC(=O)c1c(NC(=O)CCCC(=O)O)sc2c1CC[C@H](CC)C2. The van der Waals surface area contributed by atoms with Gasteiger partial charge in [-0.05, 0) is 44.1 Å². The van der Waals surface area contributed by atoms with Crippen molar-refractivity contribution >= 4 is 34.2 Å². The highest BCUT2D eigenvalue weighted by Gasteiger charge is 2.29. The smallest absolute Gasteiger partial charge is 0.341 e. The summed E-state index contributed by atoms with van der Waals surface area (Å²) in [6, 6.07) is 0. The van der Waals surface area contributed by atoms with E-state index in [4.69, 9.17) is 9.84 Å². The first-order chi connectivity index (χ1) is 12.0. The quantitative estimate of drug-likeness (QED) is 0.684. The molecule has 0 unspecified atom stereocenters. The number of thiophene rings is 1. The topological polar surface area (TPSA) is 92.7 Å². The number of rotatable bonds is 8. The molecule has 1 aliphatic carbocycles. The molecule has 0 saturated carbocycles. The number of ether oxygens (including phenoxy) is 1. The largest absolute Gasteiger partial charge is 0.481 e. The molecule has 0 radical (unpaired) electrons. The van der Waals surface area contributed by atoms with Crippen molar-refractivity contribution in [2.45, 2.75) is 58.8 Å². The van der Waals surface area contributed by atoms with Crippen LogP contribution in [0.5, 0.6) is 0 Å². The van der Waals surface area contributed by atoms with Gasteiger partial charge < -0.3 is 15.2 Å². The third kappa shape index (κ3) is 5.04. The highest BCUT2D eigenvalue weighted by Crippen LogP contribution is 2.40. The molecule has 25 heavy (non-hydrogen) atoms. The van der Waals surface area contributed by atoms with Gasteiger partial charge in [0, 0.05) is 17.7 Å². The summed E-state index contributed by atoms with van der Waals surface area (Å²) < 4.78 is 5.18. The van der Waals surface area contributed by atoms with Gasteiger partial charge in [0.25, 0.3) is 0 Å². The number of amides is 1. The highest BCUT2D eigenvalue weighted by molar-refractivity contribution is 7.17. The summed E-state index contributed by atoms with van der Waals surface area (Å²) in [7, 11) is 0. The maximum Gasteiger partial charge on any atom is 0.341 e. The van der Waals surface area contributed by atoms with E-state index in [0.717, 1.165) is 36.1 Å². The van der Waals surface area contributed by atoms with Crippen molar-refractivity contribution < 1.29 is 24.2 Å². The van der Waals surface area contributed by atoms with Crippen molar-refractivity contribution in [1.29, 1.82) is 0 Å². The van der Waals surface area contributed by atoms with Crippen LogP contribution in [0.3, 0.4) is 0 Å². The van der Waals surface area contributed by atoms with Crippen molar-refractivity contribution in [3.05, 3.63) is 16.0 Å². The Morgan fingerprint density at radius 2 is 2.04 bits per heavy atom. The highest BCUT2D eigenvalue weighted by atomic mass is 32.1. The molecule has 1 atom stereocenters. The van der Waals surface area contributed by atoms with Gasteiger partial charge >= 0.3 is 11.9 Å². The lowest BCUT2D eigenvalue weighted by molar-refractivity contribution is -0.137. The lowest BCUT2D eigenvalue weighted by atomic mass is 9.85. The van der Waals surface area contributed by atoms with Crippen molar-refractivity contribution in [3.8, 4) is 0 Å². The van der Waals surface area contributed by atoms with Crippen molar-refractivity contribution in [2.75, 3.05) is 11.9 Å². The second-order valence-electron chi connectivity index (χ2n) is 6.24. The van der Waals surface area contributed by atoms with Crippen LogP contribution in [0.1, 0.15) is 66.8 Å². The molecule has 0 aliphatic heterocycles. The molecule has 7 heteroatoms. The second kappa shape index (κ2) is 8.99. The summed E-state index contributed by atoms with van der Waals surface area (Å²) in [6.45, 7) is 4.21. The van der Waals surface area contributed by atoms with Gasteiger partial charge in [-0.25, -0.2) is 4.79 Å². The molecule has 1 aliphatic rings. The number of fused-ring (bicyclic) bond motifs is 1. The number of hydrogen-bond donors (Lipinski definition) is 2. The van der Waals surface area contributed by atoms with Gasteiger partial charge in [0.15, 0.2) is 0 Å². The summed E-state index contributed by atoms with van der Waals surface area (Å²) in [5.41, 5.74) is 1.50. The lowest BCUT2D eigenvalue weighted by Gasteiger charge is -2.20. The van der Waals surface area contributed by atoms with Crippen LogP contribution >= 0.6 is 11.3 Å². The first-order valence-corrected chi connectivity index (χ1v) is 9.61. The van der Waals surface area contributed by atoms with Crippen molar-refractivity contribution in [3.63, 3.8) is 0 Å². The van der Waals surface area contributed by atoms with Gasteiger partial charge in [-0.3, -0.25) is 9.59 Å². The third-order valence-corrected chi connectivity index (χ3v) is 5.64. The third-order valence-electron chi connectivity index (χ3n) is 4.47. The molecule has 0 fully saturated rings. The molecule has 1 heterocycles. The van der Waals surface area contributed by atoms with Crippen LogP contribution in [0.15, 0.2) is 0 Å². The van der Waals surface area contributed by atoms with Gasteiger partial charge in [-0.1, -0.05) is 13.3 Å². The van der Waals surface area contributed by atoms with E-state index >= 15 is 0 Å². The maximum atomic E-state index is 12.4. The fraction of sp³-hybridized carbons (Fsp3) is 0.611. The Kier molecular flexibility index (Phi) is 6.99. The molecule has 1 aromatic heterocycles. The standard InChI is InChI=1S/C18H25NO5S/c1-3-11-8-9-12-13(10-11)25-17(16(12)18(23)24-4-2)19-14(20)6-5-7-15(21)22/h11H,3-10H2,1-2H3,(H,19,20)(H,21,22)/t11-/m0/s1. The zero-order valence-electron chi connectivity index (χ0n) is 14.7. The Morgan fingerprint density at radius 1 is 1.28 bits per heavy atom. The fourth-order valence-electron chi connectivity index (χ4n) is 3.10. The number of carboxylic acid groups (broad SMARTS) is 1. The molecule has 0 saturated heterocycles. The number of hydrogen-bond acceptors (Lipinski definition) is 5. The van der Waals surface area contributed by atoms with Gasteiger partial charge in [-0.2, -0.15) is 0 Å². The maximum absolute atomic E-state index is 12.4. The van der Waals surface area contributed by atoms with Gasteiger partial charge in [0.2, 0.25) is 5.91 Å². The number of carboxylic acids is 1. The molecule has 1 aromatic rings. The van der Waals surface area contributed by atoms with E-state index in [0.29, 0.717) is 16.5 Å². The van der Waals surface area contributed by atoms with Crippen LogP contribution in [0.2, 0.25) is 0 Å². The number of carbonyl (C=O) groups excluding carboxylic acids is 2. The first kappa shape index (κ1) is 19.4. The molecule has 2 N–H and O–H groups in total. The number of carbonyl (C=O) groups is 3. The number of anilines is 1. The number of aliphatic carboxylic acids is 1. The van der Waals surface area contributed by atoms with E-state index in [1.807, 2.05) is 0 Å². The second-order valence-corrected chi connectivity index (χ2v) is 7.35. The molecule has 6 nitrogen and oxygen atoms in total. The predicted octanol–water partition coefficient (Wildman–Crippen LogP) is 3.63. The van der Waals surface area contributed by atoms with Crippen LogP contribution in [-0.4, -0.2) is 29.6 Å². The Morgan fingerprint density at radius 3 is 2.68 bits per heavy atom. The van der Waals surface area contributed by atoms with E-state index in [2.05, 4.69) is 12.2 Å². The van der Waals surface area contributed by atoms with Crippen molar-refractivity contribution in [1.82, 2.24) is 0 Å². The Labute approximate surface area is 151 Å². The zero-order valence-corrected chi connectivity index (χ0v) is 15.5. The molecule has 1 amide bonds. The molecule has 2 rings (SSSR count). The minimum absolute atomic E-state index is 0.0444. The molecule has 0 spiro atoms. The van der Waals surface area contributed by atoms with E-state index in [1.54, 1.807) is 6.92 Å². The van der Waals surface area contributed by atoms with Crippen LogP contribution < -0.4 is 5.32 Å².